The first-order valence-electron chi connectivity index (χ1n) is 10.2. The third kappa shape index (κ3) is 5.11. The number of fused-ring (bicyclic) bond motifs is 1. The van der Waals surface area contributed by atoms with E-state index < -0.39 is 5.60 Å². The molecule has 31 heavy (non-hydrogen) atoms. The van der Waals surface area contributed by atoms with Gasteiger partial charge in [0.2, 0.25) is 5.91 Å². The van der Waals surface area contributed by atoms with E-state index in [0.29, 0.717) is 71.8 Å². The van der Waals surface area contributed by atoms with Gasteiger partial charge in [-0.3, -0.25) is 9.59 Å². The highest BCUT2D eigenvalue weighted by atomic mass is 35.5. The summed E-state index contributed by atoms with van der Waals surface area (Å²) in [6.45, 7) is 1.55. The van der Waals surface area contributed by atoms with Gasteiger partial charge in [0.05, 0.1) is 23.6 Å². The summed E-state index contributed by atoms with van der Waals surface area (Å²) in [6, 6.07) is 10.3. The van der Waals surface area contributed by atoms with Crippen molar-refractivity contribution in [2.45, 2.75) is 37.7 Å². The number of carbonyl (C=O) groups excluding carboxylic acids is 2. The average Bonchev–Trinajstić information content (AvgIpc) is 2.74. The van der Waals surface area contributed by atoms with Gasteiger partial charge < -0.3 is 14.4 Å². The number of ether oxygens (including phenoxy) is 2. The van der Waals surface area contributed by atoms with Gasteiger partial charge in [-0.25, -0.2) is 0 Å². The molecule has 0 N–H and O–H groups in total. The summed E-state index contributed by atoms with van der Waals surface area (Å²) in [5.74, 6) is 1.20. The van der Waals surface area contributed by atoms with E-state index in [4.69, 9.17) is 44.3 Å². The molecule has 1 saturated heterocycles. The van der Waals surface area contributed by atoms with Crippen molar-refractivity contribution in [1.82, 2.24) is 4.90 Å². The van der Waals surface area contributed by atoms with Crippen LogP contribution in [-0.2, 0) is 4.79 Å². The highest BCUT2D eigenvalue weighted by molar-refractivity contribution is 6.36. The fraction of sp³-hybridized carbons (Fsp3) is 0.391. The summed E-state index contributed by atoms with van der Waals surface area (Å²) in [4.78, 5) is 27.1. The minimum Gasteiger partial charge on any atom is -0.494 e. The zero-order valence-electron chi connectivity index (χ0n) is 16.8. The largest absolute Gasteiger partial charge is 0.494 e. The molecule has 0 aromatic heterocycles. The molecule has 0 unspecified atom stereocenters. The van der Waals surface area contributed by atoms with Gasteiger partial charge in [-0.1, -0.05) is 34.8 Å². The van der Waals surface area contributed by atoms with Crippen LogP contribution < -0.4 is 9.47 Å². The predicted molar refractivity (Wildman–Crippen MR) is 121 cm³/mol. The highest BCUT2D eigenvalue weighted by Crippen LogP contribution is 2.44. The second kappa shape index (κ2) is 9.27. The first-order valence-corrected chi connectivity index (χ1v) is 11.4. The van der Waals surface area contributed by atoms with Gasteiger partial charge in [0, 0.05) is 42.4 Å². The molecule has 8 heteroatoms. The zero-order chi connectivity index (χ0) is 22.0. The van der Waals surface area contributed by atoms with E-state index >= 15 is 0 Å². The van der Waals surface area contributed by atoms with Crippen LogP contribution in [0.5, 0.6) is 11.5 Å². The molecule has 2 heterocycles. The average molecular weight is 483 g/mol. The first-order chi connectivity index (χ1) is 14.8. The first kappa shape index (κ1) is 22.3. The van der Waals surface area contributed by atoms with E-state index in [2.05, 4.69) is 0 Å². The molecule has 0 saturated carbocycles. The van der Waals surface area contributed by atoms with E-state index in [9.17, 15) is 9.59 Å². The number of ketones is 1. The molecule has 1 fully saturated rings. The number of hydrogen-bond donors (Lipinski definition) is 0. The normalized spacial score (nSPS) is 17.3. The minimum atomic E-state index is -0.615. The fourth-order valence-electron chi connectivity index (χ4n) is 4.06. The topological polar surface area (TPSA) is 55.8 Å². The van der Waals surface area contributed by atoms with Crippen LogP contribution in [0.3, 0.4) is 0 Å². The molecule has 2 aromatic carbocycles. The summed E-state index contributed by atoms with van der Waals surface area (Å²) in [5, 5.41) is 1.41. The van der Waals surface area contributed by atoms with Crippen LogP contribution in [0.1, 0.15) is 42.5 Å². The maximum Gasteiger partial charge on any atom is 0.222 e. The number of benzene rings is 2. The molecule has 2 aliphatic rings. The second-order valence-electron chi connectivity index (χ2n) is 7.94. The summed E-state index contributed by atoms with van der Waals surface area (Å²) in [5.41, 5.74) is -0.182. The smallest absolute Gasteiger partial charge is 0.222 e. The Bertz CT molecular complexity index is 985. The monoisotopic (exact) mass is 481 g/mol. The van der Waals surface area contributed by atoms with Gasteiger partial charge >= 0.3 is 0 Å². The fourth-order valence-corrected chi connectivity index (χ4v) is 4.71. The number of piperidine rings is 1. The van der Waals surface area contributed by atoms with Crippen molar-refractivity contribution < 1.29 is 19.1 Å². The van der Waals surface area contributed by atoms with Crippen LogP contribution in [-0.4, -0.2) is 41.9 Å². The number of amides is 1. The Labute approximate surface area is 196 Å². The van der Waals surface area contributed by atoms with Gasteiger partial charge in [0.1, 0.15) is 17.1 Å². The van der Waals surface area contributed by atoms with Gasteiger partial charge in [0.25, 0.3) is 0 Å². The SMILES string of the molecule is O=C1CC2(CCN(C(=O)CCCOc3ccc(Cl)cc3)CC2)Oc2c(Cl)cc(Cl)cc21. The van der Waals surface area contributed by atoms with Crippen molar-refractivity contribution in [3.05, 3.63) is 57.0 Å². The highest BCUT2D eigenvalue weighted by Gasteiger charge is 2.44. The van der Waals surface area contributed by atoms with Crippen molar-refractivity contribution >= 4 is 46.5 Å². The molecule has 0 radical (unpaired) electrons. The van der Waals surface area contributed by atoms with Crippen LogP contribution in [0.25, 0.3) is 0 Å². The standard InChI is InChI=1S/C23H22Cl3NO4/c24-15-3-5-17(6-4-15)30-11-1-2-21(29)27-9-7-23(8-10-27)14-20(28)18-12-16(25)13-19(26)22(18)31-23/h3-6,12-13H,1-2,7-11,14H2. The minimum absolute atomic E-state index is 0.0234. The molecule has 5 nitrogen and oxygen atoms in total. The maximum atomic E-state index is 12.7. The molecule has 164 valence electrons. The number of halogens is 3. The lowest BCUT2D eigenvalue weighted by atomic mass is 9.82. The van der Waals surface area contributed by atoms with Gasteiger partial charge in [-0.15, -0.1) is 0 Å². The Hall–Kier alpha value is -1.95. The molecule has 0 bridgehead atoms. The number of carbonyl (C=O) groups is 2. The van der Waals surface area contributed by atoms with Crippen LogP contribution in [0, 0.1) is 0 Å². The Kier molecular flexibility index (Phi) is 6.65. The molecule has 0 atom stereocenters. The van der Waals surface area contributed by atoms with Crippen LogP contribution in [0.15, 0.2) is 36.4 Å². The Morgan fingerprint density at radius 1 is 1.06 bits per heavy atom. The Balaban J connectivity index is 1.27. The number of nitrogens with zero attached hydrogens (tertiary/aromatic N) is 1. The maximum absolute atomic E-state index is 12.7. The van der Waals surface area contributed by atoms with Crippen LogP contribution >= 0.6 is 34.8 Å². The molecule has 1 amide bonds. The van der Waals surface area contributed by atoms with E-state index in [-0.39, 0.29) is 18.1 Å². The number of hydrogen-bond acceptors (Lipinski definition) is 4. The molecule has 2 aliphatic heterocycles. The lowest BCUT2D eigenvalue weighted by Gasteiger charge is -2.44. The Morgan fingerprint density at radius 2 is 1.77 bits per heavy atom. The summed E-state index contributed by atoms with van der Waals surface area (Å²) >= 11 is 18.1. The summed E-state index contributed by atoms with van der Waals surface area (Å²) in [6.07, 6.45) is 2.48. The quantitative estimate of drug-likeness (QED) is 0.503. The summed E-state index contributed by atoms with van der Waals surface area (Å²) in [7, 11) is 0. The lowest BCUT2D eigenvalue weighted by molar-refractivity contribution is -0.135. The molecule has 4 rings (SSSR count). The molecular formula is C23H22Cl3NO4. The van der Waals surface area contributed by atoms with E-state index in [0.717, 1.165) is 5.75 Å². The lowest BCUT2D eigenvalue weighted by Crippen LogP contribution is -2.52. The van der Waals surface area contributed by atoms with Crippen LogP contribution in [0.2, 0.25) is 15.1 Å². The second-order valence-corrected chi connectivity index (χ2v) is 9.22. The molecule has 0 aliphatic carbocycles. The number of rotatable bonds is 5. The summed E-state index contributed by atoms with van der Waals surface area (Å²) < 4.78 is 11.9. The van der Waals surface area contributed by atoms with Crippen molar-refractivity contribution in [1.29, 1.82) is 0 Å². The van der Waals surface area contributed by atoms with E-state index in [1.165, 1.54) is 0 Å². The van der Waals surface area contributed by atoms with Crippen molar-refractivity contribution in [2.24, 2.45) is 0 Å². The number of Topliss-reactive ketones (excluding diaryl/α,β-unsaturated/α-hetero) is 1. The molecule has 2 aromatic rings. The predicted octanol–water partition coefficient (Wildman–Crippen LogP) is 5.83. The Morgan fingerprint density at radius 3 is 2.48 bits per heavy atom. The van der Waals surface area contributed by atoms with Crippen molar-refractivity contribution in [3.63, 3.8) is 0 Å². The third-order valence-corrected chi connectivity index (χ3v) is 6.51. The number of likely N-dealkylation sites (tertiary alicyclic amines) is 1. The third-order valence-electron chi connectivity index (χ3n) is 5.75. The van der Waals surface area contributed by atoms with E-state index in [1.807, 2.05) is 4.90 Å². The van der Waals surface area contributed by atoms with E-state index in [1.54, 1.807) is 36.4 Å². The molecular weight excluding hydrogens is 461 g/mol. The van der Waals surface area contributed by atoms with Gasteiger partial charge in [-0.2, -0.15) is 0 Å². The molecule has 1 spiro atoms. The van der Waals surface area contributed by atoms with Crippen molar-refractivity contribution in [2.75, 3.05) is 19.7 Å². The van der Waals surface area contributed by atoms with Gasteiger partial charge in [-0.05, 0) is 42.8 Å². The van der Waals surface area contributed by atoms with Crippen LogP contribution in [0.4, 0.5) is 0 Å². The van der Waals surface area contributed by atoms with Crippen molar-refractivity contribution in [3.8, 4) is 11.5 Å². The zero-order valence-corrected chi connectivity index (χ0v) is 19.1. The van der Waals surface area contributed by atoms with Gasteiger partial charge in [0.15, 0.2) is 5.78 Å².